The highest BCUT2D eigenvalue weighted by atomic mass is 32.2. The minimum atomic E-state index is -3.45. The minimum absolute atomic E-state index is 0.254. The third kappa shape index (κ3) is 2.69. The van der Waals surface area contributed by atoms with Crippen molar-refractivity contribution in [1.82, 2.24) is 14.3 Å². The number of hydrogen-bond donors (Lipinski definition) is 1. The maximum atomic E-state index is 12.2. The van der Waals surface area contributed by atoms with E-state index in [9.17, 15) is 8.42 Å². The lowest BCUT2D eigenvalue weighted by Gasteiger charge is -2.24. The number of aromatic nitrogens is 2. The van der Waals surface area contributed by atoms with E-state index in [1.807, 2.05) is 0 Å². The minimum Gasteiger partial charge on any atom is -0.328 e. The summed E-state index contributed by atoms with van der Waals surface area (Å²) in [5.74, 6) is 0.918. The Labute approximate surface area is 115 Å². The van der Waals surface area contributed by atoms with Crippen LogP contribution in [0.15, 0.2) is 5.03 Å². The largest absolute Gasteiger partial charge is 0.328 e. The first-order valence-electron chi connectivity index (χ1n) is 7.10. The van der Waals surface area contributed by atoms with Gasteiger partial charge in [-0.3, -0.25) is 0 Å². The van der Waals surface area contributed by atoms with Crippen LogP contribution in [0.25, 0.3) is 0 Å². The number of rotatable bonds is 5. The van der Waals surface area contributed by atoms with E-state index in [4.69, 9.17) is 0 Å². The molecule has 0 saturated carbocycles. The fraction of sp³-hybridized carbons (Fsp3) is 0.769. The summed E-state index contributed by atoms with van der Waals surface area (Å²) in [5.41, 5.74) is 0.892. The molecule has 2 heterocycles. The standard InChI is InChI=1S/C13H23N3O2S/c1-4-7-12-15-13(19(17,18)14-5-2)11-9-6-8-10(3)16(11)12/h10,14H,4-9H2,1-3H3. The van der Waals surface area contributed by atoms with Gasteiger partial charge in [0.1, 0.15) is 5.82 Å². The highest BCUT2D eigenvalue weighted by Crippen LogP contribution is 2.31. The zero-order valence-electron chi connectivity index (χ0n) is 11.9. The van der Waals surface area contributed by atoms with Gasteiger partial charge < -0.3 is 4.57 Å². The third-order valence-electron chi connectivity index (χ3n) is 3.59. The predicted molar refractivity (Wildman–Crippen MR) is 74.7 cm³/mol. The summed E-state index contributed by atoms with van der Waals surface area (Å²) in [7, 11) is -3.45. The van der Waals surface area contributed by atoms with E-state index in [-0.39, 0.29) is 5.03 Å². The van der Waals surface area contributed by atoms with Gasteiger partial charge in [-0.25, -0.2) is 18.1 Å². The SMILES string of the molecule is CCCc1nc(S(=O)(=O)NCC)c2n1C(C)CCC2. The Hall–Kier alpha value is -0.880. The highest BCUT2D eigenvalue weighted by Gasteiger charge is 2.30. The number of nitrogens with zero attached hydrogens (tertiary/aromatic N) is 2. The van der Waals surface area contributed by atoms with Gasteiger partial charge in [0.25, 0.3) is 10.0 Å². The zero-order chi connectivity index (χ0) is 14.0. The van der Waals surface area contributed by atoms with Crippen LogP contribution in [0.1, 0.15) is 57.6 Å². The highest BCUT2D eigenvalue weighted by molar-refractivity contribution is 7.89. The Morgan fingerprint density at radius 1 is 1.42 bits per heavy atom. The lowest BCUT2D eigenvalue weighted by Crippen LogP contribution is -2.26. The van der Waals surface area contributed by atoms with E-state index in [2.05, 4.69) is 28.1 Å². The van der Waals surface area contributed by atoms with Crippen LogP contribution in [0.4, 0.5) is 0 Å². The molecule has 1 N–H and O–H groups in total. The number of sulfonamides is 1. The number of aryl methyl sites for hydroxylation is 1. The molecule has 5 nitrogen and oxygen atoms in total. The molecule has 108 valence electrons. The maximum Gasteiger partial charge on any atom is 0.259 e. The fourth-order valence-electron chi connectivity index (χ4n) is 2.81. The van der Waals surface area contributed by atoms with Crippen LogP contribution in [-0.2, 0) is 22.9 Å². The van der Waals surface area contributed by atoms with Gasteiger partial charge in [-0.2, -0.15) is 0 Å². The summed E-state index contributed by atoms with van der Waals surface area (Å²) in [6.07, 6.45) is 4.75. The lowest BCUT2D eigenvalue weighted by molar-refractivity contribution is 0.414. The molecule has 0 amide bonds. The lowest BCUT2D eigenvalue weighted by atomic mass is 10.0. The molecule has 0 spiro atoms. The van der Waals surface area contributed by atoms with Crippen molar-refractivity contribution >= 4 is 10.0 Å². The molecule has 1 aliphatic rings. The van der Waals surface area contributed by atoms with Gasteiger partial charge in [0.15, 0.2) is 5.03 Å². The Balaban J connectivity index is 2.54. The molecule has 1 aromatic rings. The summed E-state index contributed by atoms with van der Waals surface area (Å²) in [6, 6.07) is 0.350. The second-order valence-electron chi connectivity index (χ2n) is 5.14. The average molecular weight is 285 g/mol. The number of hydrogen-bond acceptors (Lipinski definition) is 3. The molecule has 1 unspecified atom stereocenters. The van der Waals surface area contributed by atoms with Gasteiger partial charge in [-0.15, -0.1) is 0 Å². The van der Waals surface area contributed by atoms with Crippen molar-refractivity contribution in [2.24, 2.45) is 0 Å². The summed E-state index contributed by atoms with van der Waals surface area (Å²) < 4.78 is 29.2. The first-order valence-corrected chi connectivity index (χ1v) is 8.59. The third-order valence-corrected chi connectivity index (χ3v) is 5.09. The Bertz CT molecular complexity index is 548. The van der Waals surface area contributed by atoms with Gasteiger partial charge in [-0.05, 0) is 32.6 Å². The molecule has 0 aliphatic carbocycles. The van der Waals surface area contributed by atoms with Crippen LogP contribution in [-0.4, -0.2) is 24.5 Å². The maximum absolute atomic E-state index is 12.2. The second kappa shape index (κ2) is 5.63. The van der Waals surface area contributed by atoms with Gasteiger partial charge >= 0.3 is 0 Å². The van der Waals surface area contributed by atoms with Gasteiger partial charge in [0.2, 0.25) is 0 Å². The van der Waals surface area contributed by atoms with Crippen LogP contribution in [0.5, 0.6) is 0 Å². The molecule has 2 rings (SSSR count). The summed E-state index contributed by atoms with van der Waals surface area (Å²) in [4.78, 5) is 4.43. The van der Waals surface area contributed by atoms with E-state index in [1.54, 1.807) is 6.92 Å². The van der Waals surface area contributed by atoms with Crippen molar-refractivity contribution in [3.05, 3.63) is 11.5 Å². The molecule has 0 aromatic carbocycles. The topological polar surface area (TPSA) is 64.0 Å². The normalized spacial score (nSPS) is 19.4. The predicted octanol–water partition coefficient (Wildman–Crippen LogP) is 2.03. The molecule has 1 atom stereocenters. The first-order chi connectivity index (χ1) is 9.01. The number of imidazole rings is 1. The van der Waals surface area contributed by atoms with E-state index in [1.165, 1.54) is 0 Å². The fourth-order valence-corrected chi connectivity index (χ4v) is 4.06. The second-order valence-corrected chi connectivity index (χ2v) is 6.82. The quantitative estimate of drug-likeness (QED) is 0.900. The summed E-state index contributed by atoms with van der Waals surface area (Å²) >= 11 is 0. The molecule has 0 fully saturated rings. The van der Waals surface area contributed by atoms with Crippen molar-refractivity contribution in [2.75, 3.05) is 6.54 Å². The van der Waals surface area contributed by atoms with Gasteiger partial charge in [0.05, 0.1) is 5.69 Å². The summed E-state index contributed by atoms with van der Waals surface area (Å²) in [6.45, 7) is 6.42. The van der Waals surface area contributed by atoms with E-state index < -0.39 is 10.0 Å². The molecule has 0 saturated heterocycles. The summed E-state index contributed by atoms with van der Waals surface area (Å²) in [5, 5.41) is 0.254. The van der Waals surface area contributed by atoms with Crippen LogP contribution in [0, 0.1) is 0 Å². The van der Waals surface area contributed by atoms with Crippen molar-refractivity contribution in [3.63, 3.8) is 0 Å². The molecule has 1 aromatic heterocycles. The Kier molecular flexibility index (Phi) is 4.30. The van der Waals surface area contributed by atoms with Crippen LogP contribution in [0.3, 0.4) is 0 Å². The van der Waals surface area contributed by atoms with Crippen molar-refractivity contribution in [2.45, 2.75) is 63.9 Å². The van der Waals surface area contributed by atoms with Crippen LogP contribution in [0.2, 0.25) is 0 Å². The van der Waals surface area contributed by atoms with Crippen molar-refractivity contribution < 1.29 is 8.42 Å². The Morgan fingerprint density at radius 3 is 2.79 bits per heavy atom. The van der Waals surface area contributed by atoms with Crippen molar-refractivity contribution in [1.29, 1.82) is 0 Å². The smallest absolute Gasteiger partial charge is 0.259 e. The van der Waals surface area contributed by atoms with E-state index in [0.29, 0.717) is 12.6 Å². The first kappa shape index (κ1) is 14.5. The van der Waals surface area contributed by atoms with E-state index >= 15 is 0 Å². The molecule has 0 bridgehead atoms. The number of nitrogens with one attached hydrogen (secondary N) is 1. The average Bonchev–Trinajstić information content (AvgIpc) is 2.71. The molecule has 0 radical (unpaired) electrons. The monoisotopic (exact) mass is 285 g/mol. The molecule has 19 heavy (non-hydrogen) atoms. The zero-order valence-corrected chi connectivity index (χ0v) is 12.8. The number of fused-ring (bicyclic) bond motifs is 1. The molecular formula is C13H23N3O2S. The molecule has 1 aliphatic heterocycles. The van der Waals surface area contributed by atoms with E-state index in [0.717, 1.165) is 43.6 Å². The van der Waals surface area contributed by atoms with Crippen molar-refractivity contribution in [3.8, 4) is 0 Å². The Morgan fingerprint density at radius 2 is 2.16 bits per heavy atom. The van der Waals surface area contributed by atoms with Gasteiger partial charge in [-0.1, -0.05) is 13.8 Å². The van der Waals surface area contributed by atoms with Gasteiger partial charge in [0, 0.05) is 19.0 Å². The van der Waals surface area contributed by atoms with Crippen LogP contribution >= 0.6 is 0 Å². The molecular weight excluding hydrogens is 262 g/mol. The molecule has 6 heteroatoms. The van der Waals surface area contributed by atoms with Crippen LogP contribution < -0.4 is 4.72 Å².